The molecule has 2 aromatic carbocycles. The Bertz CT molecular complexity index is 896. The third-order valence-corrected chi connectivity index (χ3v) is 4.20. The highest BCUT2D eigenvalue weighted by molar-refractivity contribution is 5.94. The summed E-state index contributed by atoms with van der Waals surface area (Å²) < 4.78 is 0. The Hall–Kier alpha value is -3.82. The maximum Gasteiger partial charge on any atom is 0.269 e. The smallest absolute Gasteiger partial charge is 0.269 e. The van der Waals surface area contributed by atoms with Crippen LogP contribution in [0.4, 0.5) is 22.7 Å². The first kappa shape index (κ1) is 21.5. The molecule has 0 bridgehead atoms. The first-order chi connectivity index (χ1) is 13.7. The zero-order valence-electron chi connectivity index (χ0n) is 15.9. The van der Waals surface area contributed by atoms with E-state index in [1.54, 1.807) is 13.8 Å². The van der Waals surface area contributed by atoms with E-state index < -0.39 is 9.85 Å². The second-order valence-corrected chi connectivity index (χ2v) is 6.46. The molecule has 0 spiro atoms. The maximum absolute atomic E-state index is 12.0. The Kier molecular flexibility index (Phi) is 6.96. The van der Waals surface area contributed by atoms with Gasteiger partial charge in [0.15, 0.2) is 0 Å². The van der Waals surface area contributed by atoms with Crippen molar-refractivity contribution in [2.24, 2.45) is 0 Å². The average molecular weight is 400 g/mol. The summed E-state index contributed by atoms with van der Waals surface area (Å²) in [5, 5.41) is 26.8. The fourth-order valence-electron chi connectivity index (χ4n) is 2.64. The molecule has 0 radical (unpaired) electrons. The van der Waals surface area contributed by atoms with E-state index in [0.717, 1.165) is 0 Å². The molecule has 152 valence electrons. The normalized spacial score (nSPS) is 10.3. The van der Waals surface area contributed by atoms with Gasteiger partial charge in [-0.25, -0.2) is 0 Å². The van der Waals surface area contributed by atoms with Crippen LogP contribution < -0.4 is 10.6 Å². The highest BCUT2D eigenvalue weighted by atomic mass is 16.6. The van der Waals surface area contributed by atoms with Gasteiger partial charge < -0.3 is 10.6 Å². The highest BCUT2D eigenvalue weighted by Crippen LogP contribution is 2.22. The minimum absolute atomic E-state index is 0.0568. The number of hydrogen-bond acceptors (Lipinski definition) is 6. The van der Waals surface area contributed by atoms with E-state index in [1.165, 1.54) is 36.4 Å². The molecule has 0 saturated heterocycles. The number of nitro benzene ring substituents is 2. The molecule has 0 aromatic heterocycles. The molecule has 0 aliphatic carbocycles. The molecule has 29 heavy (non-hydrogen) atoms. The van der Waals surface area contributed by atoms with Gasteiger partial charge in [-0.1, -0.05) is 0 Å². The van der Waals surface area contributed by atoms with E-state index in [9.17, 15) is 29.8 Å². The highest BCUT2D eigenvalue weighted by Gasteiger charge is 2.12. The van der Waals surface area contributed by atoms with Crippen molar-refractivity contribution in [3.63, 3.8) is 0 Å². The van der Waals surface area contributed by atoms with E-state index in [0.29, 0.717) is 28.9 Å². The number of nitro groups is 2. The number of nitrogens with zero attached hydrogens (tertiary/aromatic N) is 2. The number of carbonyl (C=O) groups is 2. The molecule has 0 unspecified atom stereocenters. The zero-order chi connectivity index (χ0) is 21.6. The number of benzene rings is 2. The van der Waals surface area contributed by atoms with E-state index in [-0.39, 0.29) is 36.0 Å². The van der Waals surface area contributed by atoms with Gasteiger partial charge in [0.25, 0.3) is 11.4 Å². The Morgan fingerprint density at radius 2 is 1.17 bits per heavy atom. The molecule has 2 aromatic rings. The first-order valence-electron chi connectivity index (χ1n) is 8.77. The quantitative estimate of drug-likeness (QED) is 0.508. The summed E-state index contributed by atoms with van der Waals surface area (Å²) >= 11 is 0. The molecule has 0 heterocycles. The van der Waals surface area contributed by atoms with Crippen molar-refractivity contribution in [1.29, 1.82) is 0 Å². The first-order valence-corrected chi connectivity index (χ1v) is 8.77. The van der Waals surface area contributed by atoms with Gasteiger partial charge in [-0.3, -0.25) is 29.8 Å². The van der Waals surface area contributed by atoms with Crippen LogP contribution in [0, 0.1) is 34.1 Å². The molecule has 0 atom stereocenters. The number of rotatable bonds is 8. The van der Waals surface area contributed by atoms with Crippen molar-refractivity contribution < 1.29 is 19.4 Å². The van der Waals surface area contributed by atoms with Crippen LogP contribution in [0.3, 0.4) is 0 Å². The lowest BCUT2D eigenvalue weighted by Crippen LogP contribution is -2.15. The van der Waals surface area contributed by atoms with Gasteiger partial charge in [0.1, 0.15) is 0 Å². The average Bonchev–Trinajstić information content (AvgIpc) is 2.64. The fourth-order valence-corrected chi connectivity index (χ4v) is 2.64. The molecule has 0 aliphatic heterocycles. The van der Waals surface area contributed by atoms with Crippen LogP contribution in [0.1, 0.15) is 30.4 Å². The molecule has 0 aliphatic rings. The van der Waals surface area contributed by atoms with Crippen LogP contribution in [0.25, 0.3) is 0 Å². The molecule has 2 amide bonds. The molecule has 0 saturated carbocycles. The summed E-state index contributed by atoms with van der Waals surface area (Å²) in [6.45, 7) is 3.31. The van der Waals surface area contributed by atoms with Crippen molar-refractivity contribution in [2.75, 3.05) is 10.6 Å². The number of aryl methyl sites for hydroxylation is 2. The number of amides is 2. The summed E-state index contributed by atoms with van der Waals surface area (Å²) in [5.74, 6) is -0.609. The minimum Gasteiger partial charge on any atom is -0.326 e. The Morgan fingerprint density at radius 3 is 1.48 bits per heavy atom. The third-order valence-electron chi connectivity index (χ3n) is 4.20. The van der Waals surface area contributed by atoms with Crippen molar-refractivity contribution in [3.8, 4) is 0 Å². The second-order valence-electron chi connectivity index (χ2n) is 6.46. The molecular weight excluding hydrogens is 380 g/mol. The molecule has 10 heteroatoms. The molecule has 0 fully saturated rings. The number of anilines is 2. The van der Waals surface area contributed by atoms with Gasteiger partial charge in [-0.15, -0.1) is 0 Å². The molecule has 2 rings (SSSR count). The van der Waals surface area contributed by atoms with E-state index in [4.69, 9.17) is 0 Å². The van der Waals surface area contributed by atoms with Gasteiger partial charge in [-0.2, -0.15) is 0 Å². The van der Waals surface area contributed by atoms with Crippen LogP contribution in [-0.4, -0.2) is 21.7 Å². The van der Waals surface area contributed by atoms with E-state index in [1.807, 2.05) is 0 Å². The van der Waals surface area contributed by atoms with Gasteiger partial charge in [0, 0.05) is 48.5 Å². The van der Waals surface area contributed by atoms with Crippen molar-refractivity contribution >= 4 is 34.6 Å². The van der Waals surface area contributed by atoms with Crippen LogP contribution in [0.15, 0.2) is 36.4 Å². The molecule has 10 nitrogen and oxygen atoms in total. The van der Waals surface area contributed by atoms with E-state index in [2.05, 4.69) is 10.6 Å². The summed E-state index contributed by atoms with van der Waals surface area (Å²) in [6.07, 6.45) is 0.502. The van der Waals surface area contributed by atoms with Crippen LogP contribution in [0.2, 0.25) is 0 Å². The summed E-state index contributed by atoms with van der Waals surface area (Å²) in [4.78, 5) is 44.5. The van der Waals surface area contributed by atoms with Gasteiger partial charge in [0.05, 0.1) is 9.85 Å². The minimum atomic E-state index is -0.510. The number of carbonyl (C=O) groups excluding carboxylic acids is 2. The number of non-ortho nitro benzene ring substituents is 2. The largest absolute Gasteiger partial charge is 0.326 e. The lowest BCUT2D eigenvalue weighted by Gasteiger charge is -2.09. The fraction of sp³-hybridized carbons (Fsp3) is 0.263. The SMILES string of the molecule is Cc1cc([N+](=O)[O-])ccc1NC(=O)CCCC(=O)Nc1ccc([N+](=O)[O-])cc1C. The third kappa shape index (κ3) is 6.09. The van der Waals surface area contributed by atoms with Crippen LogP contribution in [-0.2, 0) is 9.59 Å². The predicted molar refractivity (Wildman–Crippen MR) is 107 cm³/mol. The molecule has 2 N–H and O–H groups in total. The Balaban J connectivity index is 1.82. The second kappa shape index (κ2) is 9.40. The Morgan fingerprint density at radius 1 is 0.793 bits per heavy atom. The maximum atomic E-state index is 12.0. The van der Waals surface area contributed by atoms with Crippen LogP contribution in [0.5, 0.6) is 0 Å². The summed E-state index contributed by atoms with van der Waals surface area (Å²) in [7, 11) is 0. The zero-order valence-corrected chi connectivity index (χ0v) is 15.9. The van der Waals surface area contributed by atoms with Crippen molar-refractivity contribution in [2.45, 2.75) is 33.1 Å². The number of nitrogens with one attached hydrogen (secondary N) is 2. The van der Waals surface area contributed by atoms with Gasteiger partial charge in [-0.05, 0) is 43.5 Å². The Labute approximate surface area is 166 Å². The van der Waals surface area contributed by atoms with Crippen LogP contribution >= 0.6 is 0 Å². The lowest BCUT2D eigenvalue weighted by atomic mass is 10.1. The summed E-state index contributed by atoms with van der Waals surface area (Å²) in [5.41, 5.74) is 1.98. The predicted octanol–water partition coefficient (Wildman–Crippen LogP) is 3.87. The van der Waals surface area contributed by atoms with Crippen molar-refractivity contribution in [3.05, 3.63) is 67.8 Å². The van der Waals surface area contributed by atoms with Crippen molar-refractivity contribution in [1.82, 2.24) is 0 Å². The molecular formula is C19H20N4O6. The van der Waals surface area contributed by atoms with Gasteiger partial charge >= 0.3 is 0 Å². The van der Waals surface area contributed by atoms with Gasteiger partial charge in [0.2, 0.25) is 11.8 Å². The summed E-state index contributed by atoms with van der Waals surface area (Å²) in [6, 6.07) is 8.29. The topological polar surface area (TPSA) is 144 Å². The van der Waals surface area contributed by atoms with E-state index >= 15 is 0 Å². The standard InChI is InChI=1S/C19H20N4O6/c1-12-10-14(22(26)27)6-8-16(12)20-18(24)4-3-5-19(25)21-17-9-7-15(23(28)29)11-13(17)2/h6-11H,3-5H2,1-2H3,(H,20,24)(H,21,25). The number of hydrogen-bond donors (Lipinski definition) is 2. The lowest BCUT2D eigenvalue weighted by molar-refractivity contribution is -0.385. The monoisotopic (exact) mass is 400 g/mol.